The maximum Gasteiger partial charge on any atom is 0.257 e. The largest absolute Gasteiger partial charge is 0.491 e. The monoisotopic (exact) mass is 445 g/mol. The quantitative estimate of drug-likeness (QED) is 0.602. The van der Waals surface area contributed by atoms with Crippen LogP contribution in [0.25, 0.3) is 0 Å². The van der Waals surface area contributed by atoms with E-state index in [1.165, 1.54) is 17.5 Å². The molecule has 2 aliphatic rings. The number of nitrogens with zero attached hydrogens (tertiary/aromatic N) is 4. The minimum Gasteiger partial charge on any atom is -0.491 e. The van der Waals surface area contributed by atoms with Crippen LogP contribution in [0, 0.1) is 0 Å². The zero-order valence-electron chi connectivity index (χ0n) is 18.4. The van der Waals surface area contributed by atoms with Gasteiger partial charge in [0.1, 0.15) is 24.5 Å². The van der Waals surface area contributed by atoms with Gasteiger partial charge in [0.15, 0.2) is 0 Å². The number of hydrogen-bond donors (Lipinski definition) is 2. The fraction of sp³-hybridized carbons (Fsp3) is 0.320. The number of rotatable bonds is 6. The van der Waals surface area contributed by atoms with Crippen LogP contribution in [0.2, 0.25) is 0 Å². The van der Waals surface area contributed by atoms with Gasteiger partial charge < -0.3 is 20.1 Å². The maximum atomic E-state index is 13.3. The number of aliphatic hydroxyl groups is 1. The molecule has 2 aliphatic heterocycles. The molecule has 8 heteroatoms. The van der Waals surface area contributed by atoms with Crippen LogP contribution in [0.3, 0.4) is 0 Å². The molecular weight excluding hydrogens is 418 g/mol. The highest BCUT2D eigenvalue weighted by atomic mass is 16.5. The number of anilines is 2. The van der Waals surface area contributed by atoms with Gasteiger partial charge in [-0.2, -0.15) is 0 Å². The lowest BCUT2D eigenvalue weighted by Gasteiger charge is -2.32. The molecule has 170 valence electrons. The van der Waals surface area contributed by atoms with Gasteiger partial charge in [-0.05, 0) is 41.8 Å². The summed E-state index contributed by atoms with van der Waals surface area (Å²) in [5.74, 6) is 1.05. The zero-order valence-corrected chi connectivity index (χ0v) is 18.4. The van der Waals surface area contributed by atoms with Gasteiger partial charge in [-0.15, -0.1) is 0 Å². The number of hydrogen-bond acceptors (Lipinski definition) is 7. The highest BCUT2D eigenvalue weighted by Crippen LogP contribution is 2.28. The number of fused-ring (bicyclic) bond motifs is 2. The fourth-order valence-electron chi connectivity index (χ4n) is 4.45. The molecule has 1 aromatic heterocycles. The van der Waals surface area contributed by atoms with Crippen LogP contribution in [-0.2, 0) is 13.0 Å². The van der Waals surface area contributed by atoms with Gasteiger partial charge >= 0.3 is 0 Å². The van der Waals surface area contributed by atoms with Gasteiger partial charge in [-0.1, -0.05) is 24.3 Å². The van der Waals surface area contributed by atoms with Gasteiger partial charge in [0, 0.05) is 38.1 Å². The number of carbonyl (C=O) groups excluding carboxylic acids is 1. The first kappa shape index (κ1) is 21.4. The number of β-amino-alcohol motifs (C(OH)–C–C–N with tert-alkyl or cyclic N) is 1. The summed E-state index contributed by atoms with van der Waals surface area (Å²) in [4.78, 5) is 25.3. The summed E-state index contributed by atoms with van der Waals surface area (Å²) < 4.78 is 5.82. The molecule has 0 radical (unpaired) electrons. The van der Waals surface area contributed by atoms with E-state index in [0.29, 0.717) is 36.8 Å². The minimum absolute atomic E-state index is 0.142. The Morgan fingerprint density at radius 1 is 1.09 bits per heavy atom. The van der Waals surface area contributed by atoms with Gasteiger partial charge in [0.05, 0.1) is 18.2 Å². The molecule has 0 fully saturated rings. The summed E-state index contributed by atoms with van der Waals surface area (Å²) >= 11 is 0. The van der Waals surface area contributed by atoms with Crippen molar-refractivity contribution >= 4 is 17.4 Å². The number of benzene rings is 2. The molecule has 0 spiro atoms. The van der Waals surface area contributed by atoms with Crippen molar-refractivity contribution in [2.45, 2.75) is 19.1 Å². The molecule has 0 saturated carbocycles. The van der Waals surface area contributed by atoms with E-state index in [9.17, 15) is 9.90 Å². The SMILES string of the molecule is O=C1c2cc(Nc3ccncn3)ccc2OCCN1C[C@H](O)CN1CCc2ccccc2C1. The highest BCUT2D eigenvalue weighted by Gasteiger charge is 2.27. The molecule has 0 unspecified atom stereocenters. The Kier molecular flexibility index (Phi) is 6.19. The molecule has 33 heavy (non-hydrogen) atoms. The zero-order chi connectivity index (χ0) is 22.6. The Hall–Kier alpha value is -3.49. The summed E-state index contributed by atoms with van der Waals surface area (Å²) in [5, 5.41) is 14.0. The van der Waals surface area contributed by atoms with Crippen LogP contribution >= 0.6 is 0 Å². The van der Waals surface area contributed by atoms with E-state index in [2.05, 4.69) is 44.5 Å². The summed E-state index contributed by atoms with van der Waals surface area (Å²) in [6, 6.07) is 15.6. The minimum atomic E-state index is -0.636. The second-order valence-corrected chi connectivity index (χ2v) is 8.44. The van der Waals surface area contributed by atoms with E-state index < -0.39 is 6.10 Å². The van der Waals surface area contributed by atoms with Crippen molar-refractivity contribution in [3.63, 3.8) is 0 Å². The van der Waals surface area contributed by atoms with Crippen molar-refractivity contribution in [3.8, 4) is 5.75 Å². The lowest BCUT2D eigenvalue weighted by molar-refractivity contribution is 0.0501. The van der Waals surface area contributed by atoms with Crippen molar-refractivity contribution in [3.05, 3.63) is 77.7 Å². The Balaban J connectivity index is 1.24. The maximum absolute atomic E-state index is 13.3. The average Bonchev–Trinajstić information content (AvgIpc) is 2.98. The standard InChI is InChI=1S/C25H27N5O3/c31-21(15-29-10-8-18-3-1-2-4-19(18)14-29)16-30-11-12-33-23-6-5-20(13-22(23)25(30)32)28-24-7-9-26-17-27-24/h1-7,9,13,17,21,31H,8,10-12,14-16H2,(H,26,27,28)/t21-/m1/s1. The van der Waals surface area contributed by atoms with E-state index in [1.54, 1.807) is 29.3 Å². The van der Waals surface area contributed by atoms with Crippen molar-refractivity contribution in [2.75, 3.05) is 38.1 Å². The van der Waals surface area contributed by atoms with Gasteiger partial charge in [-0.3, -0.25) is 9.69 Å². The van der Waals surface area contributed by atoms with Crippen molar-refractivity contribution in [1.82, 2.24) is 19.8 Å². The van der Waals surface area contributed by atoms with E-state index in [-0.39, 0.29) is 12.5 Å². The number of aromatic nitrogens is 2. The van der Waals surface area contributed by atoms with Crippen LogP contribution < -0.4 is 10.1 Å². The van der Waals surface area contributed by atoms with Crippen LogP contribution in [0.15, 0.2) is 61.1 Å². The Bertz CT molecular complexity index is 1120. The van der Waals surface area contributed by atoms with Gasteiger partial charge in [0.2, 0.25) is 0 Å². The van der Waals surface area contributed by atoms with Crippen molar-refractivity contribution in [2.24, 2.45) is 0 Å². The van der Waals surface area contributed by atoms with Crippen LogP contribution in [0.4, 0.5) is 11.5 Å². The van der Waals surface area contributed by atoms with Crippen molar-refractivity contribution < 1.29 is 14.6 Å². The lowest BCUT2D eigenvalue weighted by atomic mass is 10.00. The third-order valence-corrected chi connectivity index (χ3v) is 6.08. The number of ether oxygens (including phenoxy) is 1. The Morgan fingerprint density at radius 2 is 1.97 bits per heavy atom. The van der Waals surface area contributed by atoms with Crippen molar-refractivity contribution in [1.29, 1.82) is 0 Å². The summed E-state index contributed by atoms with van der Waals surface area (Å²) in [5.41, 5.74) is 3.91. The van der Waals surface area contributed by atoms with Crippen LogP contribution in [0.5, 0.6) is 5.75 Å². The molecule has 3 heterocycles. The second kappa shape index (κ2) is 9.56. The fourth-order valence-corrected chi connectivity index (χ4v) is 4.45. The van der Waals surface area contributed by atoms with Gasteiger partial charge in [0.25, 0.3) is 5.91 Å². The first-order valence-electron chi connectivity index (χ1n) is 11.2. The molecule has 2 N–H and O–H groups in total. The summed E-state index contributed by atoms with van der Waals surface area (Å²) in [6.07, 6.45) is 3.46. The number of carbonyl (C=O) groups is 1. The topological polar surface area (TPSA) is 90.8 Å². The average molecular weight is 446 g/mol. The number of amides is 1. The molecule has 0 saturated heterocycles. The first-order valence-corrected chi connectivity index (χ1v) is 11.2. The summed E-state index contributed by atoms with van der Waals surface area (Å²) in [7, 11) is 0. The van der Waals surface area contributed by atoms with Crippen LogP contribution in [0.1, 0.15) is 21.5 Å². The first-order chi connectivity index (χ1) is 16.2. The number of aliphatic hydroxyl groups excluding tert-OH is 1. The molecule has 0 aliphatic carbocycles. The molecule has 3 aromatic rings. The van der Waals surface area contributed by atoms with E-state index in [1.807, 2.05) is 6.07 Å². The lowest BCUT2D eigenvalue weighted by Crippen LogP contribution is -2.44. The molecule has 1 atom stereocenters. The van der Waals surface area contributed by atoms with Gasteiger partial charge in [-0.25, -0.2) is 9.97 Å². The summed E-state index contributed by atoms with van der Waals surface area (Å²) in [6.45, 7) is 3.35. The van der Waals surface area contributed by atoms with E-state index in [0.717, 1.165) is 25.2 Å². The predicted molar refractivity (Wildman–Crippen MR) is 125 cm³/mol. The molecule has 0 bridgehead atoms. The predicted octanol–water partition coefficient (Wildman–Crippen LogP) is 2.47. The molecule has 2 aromatic carbocycles. The third-order valence-electron chi connectivity index (χ3n) is 6.08. The van der Waals surface area contributed by atoms with E-state index >= 15 is 0 Å². The number of nitrogens with one attached hydrogen (secondary N) is 1. The Morgan fingerprint density at radius 3 is 2.82 bits per heavy atom. The third kappa shape index (κ3) is 4.97. The molecular formula is C25H27N5O3. The molecule has 1 amide bonds. The second-order valence-electron chi connectivity index (χ2n) is 8.44. The highest BCUT2D eigenvalue weighted by molar-refractivity contribution is 5.98. The molecule has 8 nitrogen and oxygen atoms in total. The normalized spacial score (nSPS) is 16.9. The molecule has 5 rings (SSSR count). The Labute approximate surface area is 192 Å². The van der Waals surface area contributed by atoms with Crippen LogP contribution in [-0.4, -0.2) is 69.7 Å². The van der Waals surface area contributed by atoms with E-state index in [4.69, 9.17) is 4.74 Å². The smallest absolute Gasteiger partial charge is 0.257 e.